The van der Waals surface area contributed by atoms with Gasteiger partial charge in [0.1, 0.15) is 32.2 Å². The molecule has 6 aromatic rings. The zero-order valence-electron chi connectivity index (χ0n) is 31.1. The lowest BCUT2D eigenvalue weighted by Gasteiger charge is -2.27. The van der Waals surface area contributed by atoms with E-state index in [1.54, 1.807) is 42.5 Å². The third-order valence-electron chi connectivity index (χ3n) is 8.49. The molecule has 0 saturated carbocycles. The number of carbonyl (C=O) groups excluding carboxylic acids is 2. The number of ether oxygens (including phenoxy) is 4. The Hall–Kier alpha value is -7.36. The van der Waals surface area contributed by atoms with Gasteiger partial charge in [-0.1, -0.05) is 78.4 Å². The van der Waals surface area contributed by atoms with Gasteiger partial charge < -0.3 is 38.5 Å². The van der Waals surface area contributed by atoms with Crippen molar-refractivity contribution in [3.05, 3.63) is 158 Å². The van der Waals surface area contributed by atoms with Crippen LogP contribution in [0.5, 0.6) is 17.2 Å². The number of amides is 1. The molecule has 0 aliphatic carbocycles. The van der Waals surface area contributed by atoms with E-state index in [-0.39, 0.29) is 45.1 Å². The molecule has 1 heterocycles. The van der Waals surface area contributed by atoms with Gasteiger partial charge in [-0.2, -0.15) is 0 Å². The minimum absolute atomic E-state index is 0.0215. The average molecular weight is 781 g/mol. The van der Waals surface area contributed by atoms with Crippen molar-refractivity contribution < 1.29 is 48.4 Å². The predicted molar refractivity (Wildman–Crippen MR) is 208 cm³/mol. The van der Waals surface area contributed by atoms with Gasteiger partial charge in [-0.3, -0.25) is 9.59 Å². The summed E-state index contributed by atoms with van der Waals surface area (Å²) in [4.78, 5) is 59.4. The maximum absolute atomic E-state index is 13.8. The van der Waals surface area contributed by atoms with Crippen molar-refractivity contribution in [2.45, 2.75) is 26.2 Å². The maximum Gasteiger partial charge on any atom is 0.294 e. The number of aromatic amines is 1. The second-order valence-electron chi connectivity index (χ2n) is 12.4. The van der Waals surface area contributed by atoms with E-state index in [9.17, 15) is 29.8 Å². The Morgan fingerprint density at radius 3 is 2.11 bits per heavy atom. The number of methoxy groups -OCH3 is 1. The molecular formula is C41H40N4O12. The summed E-state index contributed by atoms with van der Waals surface area (Å²) in [5, 5.41) is 20.7. The van der Waals surface area contributed by atoms with Gasteiger partial charge in [0, 0.05) is 21.9 Å². The molecule has 1 aromatic heterocycles. The second-order valence-corrected chi connectivity index (χ2v) is 12.4. The van der Waals surface area contributed by atoms with Gasteiger partial charge in [0.15, 0.2) is 17.6 Å². The zero-order chi connectivity index (χ0) is 40.6. The standard InChI is InChI=1S/C33H31N3O9.C8H9NO3/c1-41-29-13-4-5-14-30(29)42-17-16-35(33(38)24-9-6-8-23(18-24)20-45-36(39)40)19-25(44-22-37)21-43-31-15-7-12-28-32(31)26-10-2-3-11-27(26)34-28;1-7-3-2-4-8(5-7)6-12-9(10)11/h2-15,18,22,25,34H,16-17,19-21H2,1H3;2-5H,6H2,1H3. The van der Waals surface area contributed by atoms with E-state index >= 15 is 0 Å². The summed E-state index contributed by atoms with van der Waals surface area (Å²) in [5.41, 5.74) is 4.45. The Morgan fingerprint density at radius 2 is 1.40 bits per heavy atom. The molecule has 1 atom stereocenters. The quantitative estimate of drug-likeness (QED) is 0.0509. The molecule has 0 spiro atoms. The fourth-order valence-corrected chi connectivity index (χ4v) is 5.94. The molecule has 0 bridgehead atoms. The molecule has 296 valence electrons. The van der Waals surface area contributed by atoms with Crippen molar-refractivity contribution in [2.24, 2.45) is 0 Å². The molecule has 1 unspecified atom stereocenters. The topological polar surface area (TPSA) is 195 Å². The molecule has 6 rings (SSSR count). The molecule has 0 saturated heterocycles. The molecule has 0 fully saturated rings. The highest BCUT2D eigenvalue weighted by atomic mass is 17.0. The van der Waals surface area contributed by atoms with Crippen LogP contribution in [0.15, 0.2) is 115 Å². The number of aryl methyl sites for hydroxylation is 1. The van der Waals surface area contributed by atoms with Gasteiger partial charge in [-0.05, 0) is 60.5 Å². The van der Waals surface area contributed by atoms with E-state index in [1.807, 2.05) is 73.7 Å². The molecule has 16 heteroatoms. The van der Waals surface area contributed by atoms with Crippen LogP contribution in [0.1, 0.15) is 27.0 Å². The first-order chi connectivity index (χ1) is 27.6. The summed E-state index contributed by atoms with van der Waals surface area (Å²) in [7, 11) is 1.53. The van der Waals surface area contributed by atoms with Crippen LogP contribution in [0.4, 0.5) is 0 Å². The van der Waals surface area contributed by atoms with Gasteiger partial charge >= 0.3 is 0 Å². The van der Waals surface area contributed by atoms with E-state index in [4.69, 9.17) is 18.9 Å². The number of nitrogens with one attached hydrogen (secondary N) is 1. The molecule has 0 aliphatic heterocycles. The summed E-state index contributed by atoms with van der Waals surface area (Å²) < 4.78 is 22.9. The molecule has 5 aromatic carbocycles. The van der Waals surface area contributed by atoms with E-state index < -0.39 is 22.2 Å². The van der Waals surface area contributed by atoms with Gasteiger partial charge in [-0.25, -0.2) is 0 Å². The monoisotopic (exact) mass is 780 g/mol. The molecule has 0 aliphatic rings. The van der Waals surface area contributed by atoms with Gasteiger partial charge in [0.25, 0.3) is 22.6 Å². The SMILES string of the molecule is COc1ccccc1OCCN(CC(COc1cccc2[nH]c3ccccc3c12)OC=O)C(=O)c1cccc(CO[N+](=O)[O-])c1.Cc1cccc(CO[N+](=O)[O-])c1. The molecular weight excluding hydrogens is 740 g/mol. The Labute approximate surface area is 326 Å². The molecule has 1 amide bonds. The summed E-state index contributed by atoms with van der Waals surface area (Å²) >= 11 is 0. The summed E-state index contributed by atoms with van der Waals surface area (Å²) in [6.07, 6.45) is -0.834. The third-order valence-corrected chi connectivity index (χ3v) is 8.49. The normalized spacial score (nSPS) is 11.1. The minimum atomic E-state index is -0.895. The first-order valence-corrected chi connectivity index (χ1v) is 17.6. The Bertz CT molecular complexity index is 2300. The van der Waals surface area contributed by atoms with Crippen LogP contribution in [0.2, 0.25) is 0 Å². The van der Waals surface area contributed by atoms with E-state index in [1.165, 1.54) is 18.1 Å². The molecule has 57 heavy (non-hydrogen) atoms. The lowest BCUT2D eigenvalue weighted by atomic mass is 10.1. The van der Waals surface area contributed by atoms with Crippen molar-refractivity contribution in [2.75, 3.05) is 33.4 Å². The lowest BCUT2D eigenvalue weighted by Crippen LogP contribution is -2.43. The number of nitrogens with zero attached hydrogens (tertiary/aromatic N) is 3. The van der Waals surface area contributed by atoms with E-state index in [0.29, 0.717) is 29.3 Å². The van der Waals surface area contributed by atoms with Gasteiger partial charge in [-0.15, -0.1) is 20.2 Å². The number of fused-ring (bicyclic) bond motifs is 3. The van der Waals surface area contributed by atoms with Crippen molar-refractivity contribution in [1.82, 2.24) is 9.88 Å². The van der Waals surface area contributed by atoms with Gasteiger partial charge in [0.2, 0.25) is 0 Å². The number of rotatable bonds is 19. The fraction of sp³-hybridized carbons (Fsp3) is 0.220. The highest BCUT2D eigenvalue weighted by Gasteiger charge is 2.23. The van der Waals surface area contributed by atoms with Crippen LogP contribution < -0.4 is 14.2 Å². The van der Waals surface area contributed by atoms with Crippen molar-refractivity contribution in [1.29, 1.82) is 0 Å². The molecule has 16 nitrogen and oxygen atoms in total. The largest absolute Gasteiger partial charge is 0.493 e. The minimum Gasteiger partial charge on any atom is -0.493 e. The zero-order valence-corrected chi connectivity index (χ0v) is 31.1. The highest BCUT2D eigenvalue weighted by Crippen LogP contribution is 2.33. The van der Waals surface area contributed by atoms with Crippen LogP contribution in [-0.2, 0) is 32.4 Å². The van der Waals surface area contributed by atoms with Crippen molar-refractivity contribution in [3.8, 4) is 17.2 Å². The Morgan fingerprint density at radius 1 is 0.772 bits per heavy atom. The Balaban J connectivity index is 0.000000442. The van der Waals surface area contributed by atoms with Crippen molar-refractivity contribution >= 4 is 34.2 Å². The van der Waals surface area contributed by atoms with Crippen LogP contribution >= 0.6 is 0 Å². The summed E-state index contributed by atoms with van der Waals surface area (Å²) in [6, 6.07) is 34.4. The lowest BCUT2D eigenvalue weighted by molar-refractivity contribution is -0.763. The van der Waals surface area contributed by atoms with Crippen molar-refractivity contribution in [3.63, 3.8) is 0 Å². The maximum atomic E-state index is 13.8. The average Bonchev–Trinajstić information content (AvgIpc) is 3.60. The first kappa shape index (κ1) is 40.8. The van der Waals surface area contributed by atoms with Crippen LogP contribution in [0.25, 0.3) is 21.8 Å². The summed E-state index contributed by atoms with van der Waals surface area (Å²) in [5.74, 6) is 1.23. The van der Waals surface area contributed by atoms with Crippen LogP contribution in [0, 0.1) is 27.2 Å². The van der Waals surface area contributed by atoms with Crippen LogP contribution in [0.3, 0.4) is 0 Å². The number of hydrogen-bond acceptors (Lipinski definition) is 12. The summed E-state index contributed by atoms with van der Waals surface area (Å²) in [6.45, 7) is 2.11. The third kappa shape index (κ3) is 11.8. The first-order valence-electron chi connectivity index (χ1n) is 17.6. The molecule has 1 N–H and O–H groups in total. The fourth-order valence-electron chi connectivity index (χ4n) is 5.94. The predicted octanol–water partition coefficient (Wildman–Crippen LogP) is 6.88. The van der Waals surface area contributed by atoms with Gasteiger partial charge in [0.05, 0.1) is 25.7 Å². The Kier molecular flexibility index (Phi) is 14.6. The smallest absolute Gasteiger partial charge is 0.294 e. The number of para-hydroxylation sites is 3. The van der Waals surface area contributed by atoms with E-state index in [2.05, 4.69) is 14.7 Å². The number of hydrogen-bond donors (Lipinski definition) is 1. The number of carbonyl (C=O) groups is 2. The van der Waals surface area contributed by atoms with E-state index in [0.717, 1.165) is 32.9 Å². The number of benzene rings is 5. The number of aromatic nitrogens is 1. The highest BCUT2D eigenvalue weighted by molar-refractivity contribution is 6.10. The molecule has 0 radical (unpaired) electrons. The number of H-pyrrole nitrogens is 1. The second kappa shape index (κ2) is 20.4. The van der Waals surface area contributed by atoms with Crippen LogP contribution in [-0.4, -0.2) is 72.0 Å².